The van der Waals surface area contributed by atoms with Crippen molar-refractivity contribution in [2.45, 2.75) is 91.9 Å². The molecule has 0 saturated heterocycles. The number of rotatable bonds is 15. The van der Waals surface area contributed by atoms with E-state index in [1.165, 1.54) is 71.6 Å². The van der Waals surface area contributed by atoms with Crippen LogP contribution in [-0.4, -0.2) is 58.2 Å². The van der Waals surface area contributed by atoms with E-state index < -0.39 is 11.9 Å². The van der Waals surface area contributed by atoms with Gasteiger partial charge in [-0.2, -0.15) is 0 Å². The van der Waals surface area contributed by atoms with E-state index in [-0.39, 0.29) is 30.3 Å². The molecule has 0 rings (SSSR count). The van der Waals surface area contributed by atoms with Gasteiger partial charge in [0.1, 0.15) is 0 Å². The molecule has 0 radical (unpaired) electrons. The molecule has 8 nitrogen and oxygen atoms in total. The van der Waals surface area contributed by atoms with Crippen molar-refractivity contribution in [3.8, 4) is 0 Å². The predicted octanol–water partition coefficient (Wildman–Crippen LogP) is 5.29. The fraction of sp³-hybridized carbons (Fsp3) is 0.654. The van der Waals surface area contributed by atoms with Gasteiger partial charge < -0.3 is 25.2 Å². The standard InChI is InChI=1S/C16H30O2.2C4H6O2.C2H6O2/c1-4-5-6-7-8-9-10-11-12-13-14-18-16(17)15(2)3;2*1-3(2)4(5)6;3-1-2-4/h2,4-14H2,1,3H3;2*1H2,2H3,(H,5,6);3-4H,1-2H2. The largest absolute Gasteiger partial charge is 0.478 e. The summed E-state index contributed by atoms with van der Waals surface area (Å²) < 4.78 is 5.04. The van der Waals surface area contributed by atoms with Gasteiger partial charge in [-0.05, 0) is 27.2 Å². The fourth-order valence-electron chi connectivity index (χ4n) is 1.88. The Morgan fingerprint density at radius 3 is 1.15 bits per heavy atom. The van der Waals surface area contributed by atoms with Gasteiger partial charge in [0.2, 0.25) is 0 Å². The predicted molar refractivity (Wildman–Crippen MR) is 137 cm³/mol. The van der Waals surface area contributed by atoms with E-state index in [4.69, 9.17) is 25.2 Å². The molecule has 0 fully saturated rings. The zero-order chi connectivity index (χ0) is 27.4. The molecule has 0 heterocycles. The third-order valence-corrected chi connectivity index (χ3v) is 3.91. The zero-order valence-corrected chi connectivity index (χ0v) is 21.7. The van der Waals surface area contributed by atoms with Crippen LogP contribution in [0.15, 0.2) is 36.5 Å². The number of aliphatic hydroxyl groups is 2. The summed E-state index contributed by atoms with van der Waals surface area (Å²) in [6.45, 7) is 17.0. The molecule has 0 aliphatic heterocycles. The lowest BCUT2D eigenvalue weighted by Crippen LogP contribution is -2.05. The van der Waals surface area contributed by atoms with E-state index in [2.05, 4.69) is 26.7 Å². The Labute approximate surface area is 206 Å². The summed E-state index contributed by atoms with van der Waals surface area (Å²) in [6, 6.07) is 0. The molecule has 0 atom stereocenters. The lowest BCUT2D eigenvalue weighted by Gasteiger charge is -2.04. The van der Waals surface area contributed by atoms with Crippen LogP contribution >= 0.6 is 0 Å². The number of esters is 1. The fourth-order valence-corrected chi connectivity index (χ4v) is 1.88. The summed E-state index contributed by atoms with van der Waals surface area (Å²) in [6.07, 6.45) is 13.0. The minimum Gasteiger partial charge on any atom is -0.478 e. The monoisotopic (exact) mass is 488 g/mol. The minimum atomic E-state index is -0.935. The van der Waals surface area contributed by atoms with Gasteiger partial charge in [-0.25, -0.2) is 14.4 Å². The highest BCUT2D eigenvalue weighted by atomic mass is 16.5. The van der Waals surface area contributed by atoms with Crippen LogP contribution in [0.1, 0.15) is 91.9 Å². The molecule has 0 aliphatic rings. The van der Waals surface area contributed by atoms with Crippen LogP contribution in [0.4, 0.5) is 0 Å². The van der Waals surface area contributed by atoms with Crippen molar-refractivity contribution >= 4 is 17.9 Å². The molecule has 0 spiro atoms. The third kappa shape index (κ3) is 43.4. The minimum absolute atomic E-state index is 0.125. The van der Waals surface area contributed by atoms with Crippen LogP contribution in [0.5, 0.6) is 0 Å². The van der Waals surface area contributed by atoms with Gasteiger partial charge in [0.25, 0.3) is 0 Å². The second kappa shape index (κ2) is 30.6. The van der Waals surface area contributed by atoms with Gasteiger partial charge in [0.15, 0.2) is 0 Å². The molecule has 0 aromatic rings. The molecule has 4 N–H and O–H groups in total. The van der Waals surface area contributed by atoms with Crippen LogP contribution in [0.25, 0.3) is 0 Å². The van der Waals surface area contributed by atoms with Gasteiger partial charge >= 0.3 is 17.9 Å². The average molecular weight is 489 g/mol. The third-order valence-electron chi connectivity index (χ3n) is 3.91. The number of carboxylic acids is 2. The Morgan fingerprint density at radius 2 is 0.912 bits per heavy atom. The molecule has 200 valence electrons. The first-order valence-corrected chi connectivity index (χ1v) is 11.7. The topological polar surface area (TPSA) is 141 Å². The zero-order valence-electron chi connectivity index (χ0n) is 21.7. The molecule has 0 aliphatic carbocycles. The molecular weight excluding hydrogens is 440 g/mol. The van der Waals surface area contributed by atoms with Crippen molar-refractivity contribution in [2.24, 2.45) is 0 Å². The van der Waals surface area contributed by atoms with Crippen LogP contribution < -0.4 is 0 Å². The van der Waals surface area contributed by atoms with Crippen molar-refractivity contribution in [3.05, 3.63) is 36.5 Å². The molecule has 8 heteroatoms. The van der Waals surface area contributed by atoms with E-state index in [9.17, 15) is 14.4 Å². The lowest BCUT2D eigenvalue weighted by molar-refractivity contribution is -0.139. The Bertz CT molecular complexity index is 517. The molecule has 0 aromatic carbocycles. The highest BCUT2D eigenvalue weighted by Crippen LogP contribution is 2.10. The van der Waals surface area contributed by atoms with E-state index >= 15 is 0 Å². The van der Waals surface area contributed by atoms with Crippen molar-refractivity contribution in [1.29, 1.82) is 0 Å². The smallest absolute Gasteiger partial charge is 0.333 e. The van der Waals surface area contributed by atoms with Crippen molar-refractivity contribution in [2.75, 3.05) is 19.8 Å². The molecular formula is C26H48O8. The van der Waals surface area contributed by atoms with Crippen molar-refractivity contribution in [3.63, 3.8) is 0 Å². The summed E-state index contributed by atoms with van der Waals surface area (Å²) in [5.41, 5.74) is 0.840. The summed E-state index contributed by atoms with van der Waals surface area (Å²) in [7, 11) is 0. The number of carboxylic acid groups (broad SMARTS) is 2. The Kier molecular flexibility index (Phi) is 34.9. The average Bonchev–Trinajstić information content (AvgIpc) is 2.78. The number of ether oxygens (including phenoxy) is 1. The SMILES string of the molecule is C=C(C)C(=O)O.C=C(C)C(=O)O.C=C(C)C(=O)OCCCCCCCCCCCC.OCCO. The molecule has 0 amide bonds. The van der Waals surface area contributed by atoms with Crippen molar-refractivity contribution < 1.29 is 39.5 Å². The van der Waals surface area contributed by atoms with Gasteiger partial charge in [-0.3, -0.25) is 0 Å². The number of carbonyl (C=O) groups is 3. The maximum atomic E-state index is 11.1. The number of hydrogen-bond acceptors (Lipinski definition) is 6. The number of aliphatic carboxylic acids is 2. The van der Waals surface area contributed by atoms with Crippen molar-refractivity contribution in [1.82, 2.24) is 0 Å². The first-order chi connectivity index (χ1) is 15.9. The highest BCUT2D eigenvalue weighted by molar-refractivity contribution is 5.87. The first-order valence-electron chi connectivity index (χ1n) is 11.7. The summed E-state index contributed by atoms with van der Waals surface area (Å²) in [5.74, 6) is -2.13. The van der Waals surface area contributed by atoms with E-state index in [0.29, 0.717) is 12.2 Å². The molecule has 0 aromatic heterocycles. The second-order valence-corrected chi connectivity index (χ2v) is 7.72. The number of hydrogen-bond donors (Lipinski definition) is 4. The number of unbranched alkanes of at least 4 members (excludes halogenated alkanes) is 9. The van der Waals surface area contributed by atoms with E-state index in [1.807, 2.05) is 0 Å². The van der Waals surface area contributed by atoms with Gasteiger partial charge in [-0.1, -0.05) is 84.4 Å². The van der Waals surface area contributed by atoms with Crippen LogP contribution in [-0.2, 0) is 19.1 Å². The second-order valence-electron chi connectivity index (χ2n) is 7.72. The Balaban J connectivity index is -0.000000228. The number of carbonyl (C=O) groups excluding carboxylic acids is 1. The Morgan fingerprint density at radius 1 is 0.618 bits per heavy atom. The number of aliphatic hydroxyl groups excluding tert-OH is 2. The van der Waals surface area contributed by atoms with Crippen LogP contribution in [0.3, 0.4) is 0 Å². The van der Waals surface area contributed by atoms with Gasteiger partial charge in [-0.15, -0.1) is 0 Å². The lowest BCUT2D eigenvalue weighted by atomic mass is 10.1. The van der Waals surface area contributed by atoms with E-state index in [0.717, 1.165) is 6.42 Å². The first kappa shape index (κ1) is 38.8. The molecule has 0 bridgehead atoms. The summed E-state index contributed by atoms with van der Waals surface area (Å²) in [5, 5.41) is 31.0. The van der Waals surface area contributed by atoms with Crippen LogP contribution in [0, 0.1) is 0 Å². The molecule has 0 unspecified atom stereocenters. The highest BCUT2D eigenvalue weighted by Gasteiger charge is 2.01. The van der Waals surface area contributed by atoms with Crippen LogP contribution in [0.2, 0.25) is 0 Å². The maximum Gasteiger partial charge on any atom is 0.333 e. The van der Waals surface area contributed by atoms with Gasteiger partial charge in [0.05, 0.1) is 19.8 Å². The Hall–Kier alpha value is -2.45. The summed E-state index contributed by atoms with van der Waals surface area (Å²) in [4.78, 5) is 30.3. The maximum absolute atomic E-state index is 11.1. The summed E-state index contributed by atoms with van der Waals surface area (Å²) >= 11 is 0. The van der Waals surface area contributed by atoms with Gasteiger partial charge in [0, 0.05) is 16.7 Å². The molecule has 34 heavy (non-hydrogen) atoms. The normalized spacial score (nSPS) is 9.00. The van der Waals surface area contributed by atoms with E-state index in [1.54, 1.807) is 6.92 Å². The molecule has 0 saturated carbocycles. The quantitative estimate of drug-likeness (QED) is 0.138.